The topological polar surface area (TPSA) is 78.0 Å². The molecule has 0 aliphatic carbocycles. The highest BCUT2D eigenvalue weighted by Crippen LogP contribution is 2.23. The molecule has 2 heterocycles. The first-order valence-corrected chi connectivity index (χ1v) is 7.36. The fourth-order valence-electron chi connectivity index (χ4n) is 2.00. The maximum absolute atomic E-state index is 11.3. The van der Waals surface area contributed by atoms with Gasteiger partial charge in [-0.1, -0.05) is 0 Å². The monoisotopic (exact) mass is 243 g/mol. The van der Waals surface area contributed by atoms with E-state index in [1.54, 1.807) is 10.9 Å². The number of aromatic nitrogens is 2. The molecule has 0 bridgehead atoms. The molecule has 1 aliphatic rings. The molecule has 1 aliphatic heterocycles. The smallest absolute Gasteiger partial charge is 0.152 e. The van der Waals surface area contributed by atoms with Crippen molar-refractivity contribution in [1.29, 1.82) is 0 Å². The van der Waals surface area contributed by atoms with E-state index < -0.39 is 9.84 Å². The standard InChI is InChI=1S/C10H17N3O2S/c11-4-1-2-9-6-12-13(7-9)10-3-5-16(14,15)8-10/h6-7,10H,1-5,8,11H2. The first kappa shape index (κ1) is 11.6. The molecule has 2 rings (SSSR count). The van der Waals surface area contributed by atoms with Gasteiger partial charge in [-0.05, 0) is 31.4 Å². The van der Waals surface area contributed by atoms with Gasteiger partial charge in [-0.3, -0.25) is 4.68 Å². The van der Waals surface area contributed by atoms with Gasteiger partial charge in [0.2, 0.25) is 0 Å². The Morgan fingerprint density at radius 2 is 2.38 bits per heavy atom. The van der Waals surface area contributed by atoms with Crippen molar-refractivity contribution in [3.8, 4) is 0 Å². The van der Waals surface area contributed by atoms with Crippen molar-refractivity contribution in [2.45, 2.75) is 25.3 Å². The summed E-state index contributed by atoms with van der Waals surface area (Å²) in [6, 6.07) is 0.0247. The SMILES string of the molecule is NCCCc1cnn(C2CCS(=O)(=O)C2)c1. The molecule has 5 nitrogen and oxygen atoms in total. The number of nitrogens with two attached hydrogens (primary N) is 1. The Bertz CT molecular complexity index is 452. The van der Waals surface area contributed by atoms with Crippen molar-refractivity contribution in [2.75, 3.05) is 18.1 Å². The lowest BCUT2D eigenvalue weighted by molar-refractivity contribution is 0.499. The molecule has 0 amide bonds. The number of hydrogen-bond acceptors (Lipinski definition) is 4. The Morgan fingerprint density at radius 3 is 3.00 bits per heavy atom. The zero-order valence-electron chi connectivity index (χ0n) is 9.17. The van der Waals surface area contributed by atoms with Crippen LogP contribution in [0.2, 0.25) is 0 Å². The molecule has 1 atom stereocenters. The predicted molar refractivity (Wildman–Crippen MR) is 61.9 cm³/mol. The molecule has 0 saturated carbocycles. The lowest BCUT2D eigenvalue weighted by Crippen LogP contribution is -2.11. The van der Waals surface area contributed by atoms with Crippen LogP contribution in [0.1, 0.15) is 24.4 Å². The van der Waals surface area contributed by atoms with E-state index in [-0.39, 0.29) is 17.5 Å². The summed E-state index contributed by atoms with van der Waals surface area (Å²) in [6.07, 6.45) is 6.28. The molecule has 1 unspecified atom stereocenters. The van der Waals surface area contributed by atoms with Crippen LogP contribution in [0.4, 0.5) is 0 Å². The van der Waals surface area contributed by atoms with Crippen LogP contribution >= 0.6 is 0 Å². The minimum absolute atomic E-state index is 0.0247. The Hall–Kier alpha value is -0.880. The second-order valence-electron chi connectivity index (χ2n) is 4.28. The van der Waals surface area contributed by atoms with Gasteiger partial charge in [0.1, 0.15) is 0 Å². The van der Waals surface area contributed by atoms with Gasteiger partial charge >= 0.3 is 0 Å². The lowest BCUT2D eigenvalue weighted by atomic mass is 10.2. The zero-order chi connectivity index (χ0) is 11.6. The van der Waals surface area contributed by atoms with Crippen molar-refractivity contribution in [3.05, 3.63) is 18.0 Å². The van der Waals surface area contributed by atoms with Gasteiger partial charge in [-0.2, -0.15) is 5.10 Å². The minimum atomic E-state index is -2.83. The molecule has 16 heavy (non-hydrogen) atoms. The van der Waals surface area contributed by atoms with Crippen LogP contribution in [0, 0.1) is 0 Å². The van der Waals surface area contributed by atoms with Gasteiger partial charge in [0.25, 0.3) is 0 Å². The van der Waals surface area contributed by atoms with E-state index in [4.69, 9.17) is 5.73 Å². The van der Waals surface area contributed by atoms with Gasteiger partial charge in [0, 0.05) is 6.20 Å². The fourth-order valence-corrected chi connectivity index (χ4v) is 3.70. The molecular weight excluding hydrogens is 226 g/mol. The first-order chi connectivity index (χ1) is 7.61. The quantitative estimate of drug-likeness (QED) is 0.815. The van der Waals surface area contributed by atoms with Crippen LogP contribution in [0.5, 0.6) is 0 Å². The van der Waals surface area contributed by atoms with Crippen LogP contribution in [0.15, 0.2) is 12.4 Å². The van der Waals surface area contributed by atoms with E-state index in [1.165, 1.54) is 0 Å². The predicted octanol–water partition coefficient (Wildman–Crippen LogP) is 0.134. The highest BCUT2D eigenvalue weighted by atomic mass is 32.2. The van der Waals surface area contributed by atoms with Crippen molar-refractivity contribution in [3.63, 3.8) is 0 Å². The zero-order valence-corrected chi connectivity index (χ0v) is 9.99. The van der Waals surface area contributed by atoms with Crippen molar-refractivity contribution >= 4 is 9.84 Å². The molecule has 1 saturated heterocycles. The normalized spacial score (nSPS) is 23.7. The minimum Gasteiger partial charge on any atom is -0.330 e. The summed E-state index contributed by atoms with van der Waals surface area (Å²) in [7, 11) is -2.83. The molecule has 6 heteroatoms. The Morgan fingerprint density at radius 1 is 1.56 bits per heavy atom. The van der Waals surface area contributed by atoms with Gasteiger partial charge in [-0.15, -0.1) is 0 Å². The number of rotatable bonds is 4. The Kier molecular flexibility index (Phi) is 3.30. The lowest BCUT2D eigenvalue weighted by Gasteiger charge is -2.07. The van der Waals surface area contributed by atoms with Crippen LogP contribution in [-0.4, -0.2) is 36.2 Å². The second kappa shape index (κ2) is 4.55. The average molecular weight is 243 g/mol. The molecule has 0 radical (unpaired) electrons. The number of hydrogen-bond donors (Lipinski definition) is 1. The molecule has 0 spiro atoms. The molecule has 0 aromatic carbocycles. The van der Waals surface area contributed by atoms with E-state index in [1.807, 2.05) is 6.20 Å². The summed E-state index contributed by atoms with van der Waals surface area (Å²) in [5.41, 5.74) is 6.57. The fraction of sp³-hybridized carbons (Fsp3) is 0.700. The third-order valence-corrected chi connectivity index (χ3v) is 4.66. The van der Waals surface area contributed by atoms with Crippen LogP contribution in [-0.2, 0) is 16.3 Å². The summed E-state index contributed by atoms with van der Waals surface area (Å²) >= 11 is 0. The molecule has 2 N–H and O–H groups in total. The van der Waals surface area contributed by atoms with E-state index in [0.29, 0.717) is 13.0 Å². The van der Waals surface area contributed by atoms with Crippen LogP contribution < -0.4 is 5.73 Å². The highest BCUT2D eigenvalue weighted by molar-refractivity contribution is 7.91. The van der Waals surface area contributed by atoms with E-state index in [0.717, 1.165) is 18.4 Å². The summed E-state index contributed by atoms with van der Waals surface area (Å²) < 4.78 is 24.5. The van der Waals surface area contributed by atoms with Gasteiger partial charge in [0.15, 0.2) is 9.84 Å². The molecular formula is C10H17N3O2S. The summed E-state index contributed by atoms with van der Waals surface area (Å²) in [6.45, 7) is 0.670. The first-order valence-electron chi connectivity index (χ1n) is 5.54. The van der Waals surface area contributed by atoms with Crippen molar-refractivity contribution in [2.24, 2.45) is 5.73 Å². The third kappa shape index (κ3) is 2.62. The van der Waals surface area contributed by atoms with E-state index in [9.17, 15) is 8.42 Å². The third-order valence-electron chi connectivity index (χ3n) is 2.91. The number of nitrogens with zero attached hydrogens (tertiary/aromatic N) is 2. The Labute approximate surface area is 95.6 Å². The van der Waals surface area contributed by atoms with Crippen LogP contribution in [0.25, 0.3) is 0 Å². The number of sulfone groups is 1. The molecule has 90 valence electrons. The average Bonchev–Trinajstić information content (AvgIpc) is 2.81. The number of aryl methyl sites for hydroxylation is 1. The van der Waals surface area contributed by atoms with Gasteiger partial charge in [0.05, 0.1) is 23.7 Å². The summed E-state index contributed by atoms with van der Waals surface area (Å²) in [5.74, 6) is 0.515. The van der Waals surface area contributed by atoms with Crippen LogP contribution in [0.3, 0.4) is 0 Å². The van der Waals surface area contributed by atoms with Gasteiger partial charge < -0.3 is 5.73 Å². The molecule has 1 aromatic heterocycles. The van der Waals surface area contributed by atoms with Crippen molar-refractivity contribution in [1.82, 2.24) is 9.78 Å². The van der Waals surface area contributed by atoms with E-state index >= 15 is 0 Å². The van der Waals surface area contributed by atoms with Gasteiger partial charge in [-0.25, -0.2) is 8.42 Å². The van der Waals surface area contributed by atoms with E-state index in [2.05, 4.69) is 5.10 Å². The largest absolute Gasteiger partial charge is 0.330 e. The summed E-state index contributed by atoms with van der Waals surface area (Å²) in [4.78, 5) is 0. The summed E-state index contributed by atoms with van der Waals surface area (Å²) in [5, 5.41) is 4.23. The van der Waals surface area contributed by atoms with Crippen molar-refractivity contribution < 1.29 is 8.42 Å². The molecule has 1 fully saturated rings. The second-order valence-corrected chi connectivity index (χ2v) is 6.51. The maximum Gasteiger partial charge on any atom is 0.152 e. The Balaban J connectivity index is 2.02. The highest BCUT2D eigenvalue weighted by Gasteiger charge is 2.29. The molecule has 1 aromatic rings. The maximum atomic E-state index is 11.3.